The molecule has 0 heterocycles. The fraction of sp³-hybridized carbons (Fsp3) is 0.857. The lowest BCUT2D eigenvalue weighted by molar-refractivity contribution is 0.0933. The molecule has 1 aliphatic carbocycles. The lowest BCUT2D eigenvalue weighted by Crippen LogP contribution is -2.49. The molecule has 1 saturated carbocycles. The first-order valence-corrected chi connectivity index (χ1v) is 3.85. The summed E-state index contributed by atoms with van der Waals surface area (Å²) in [5.41, 5.74) is 2.33. The Morgan fingerprint density at radius 3 is 2.73 bits per heavy atom. The van der Waals surface area contributed by atoms with E-state index in [-0.39, 0.29) is 0 Å². The van der Waals surface area contributed by atoms with Crippen molar-refractivity contribution in [1.29, 1.82) is 0 Å². The van der Waals surface area contributed by atoms with Crippen molar-refractivity contribution in [3.05, 3.63) is 0 Å². The summed E-state index contributed by atoms with van der Waals surface area (Å²) < 4.78 is 0. The minimum atomic E-state index is -0.507. The smallest absolute Gasteiger partial charge is 0.0814 e. The largest absolute Gasteiger partial charge is 0.411 e. The molecule has 1 rings (SSSR count). The van der Waals surface area contributed by atoms with Gasteiger partial charge in [0.2, 0.25) is 0 Å². The molecular formula is C7H14N2O2. The molecule has 0 aromatic heterocycles. The molecule has 0 bridgehead atoms. The Balaban J connectivity index is 2.74. The first-order chi connectivity index (χ1) is 5.23. The lowest BCUT2D eigenvalue weighted by atomic mass is 9.82. The van der Waals surface area contributed by atoms with Crippen LogP contribution >= 0.6 is 0 Å². The number of nitrogens with zero attached hydrogens (tertiary/aromatic N) is 1. The van der Waals surface area contributed by atoms with Crippen LogP contribution in [0, 0.1) is 0 Å². The summed E-state index contributed by atoms with van der Waals surface area (Å²) in [6.45, 7) is 1.83. The van der Waals surface area contributed by atoms with Crippen LogP contribution in [0.3, 0.4) is 0 Å². The minimum absolute atomic E-state index is 0.507. The molecular weight excluding hydrogens is 144 g/mol. The van der Waals surface area contributed by atoms with Gasteiger partial charge in [-0.1, -0.05) is 11.6 Å². The lowest BCUT2D eigenvalue weighted by Gasteiger charge is -2.32. The second-order valence-corrected chi connectivity index (χ2v) is 3.20. The van der Waals surface area contributed by atoms with Crippen molar-refractivity contribution in [2.75, 3.05) is 0 Å². The van der Waals surface area contributed by atoms with E-state index in [4.69, 9.17) is 10.4 Å². The van der Waals surface area contributed by atoms with Gasteiger partial charge in [0.25, 0.3) is 0 Å². The second-order valence-electron chi connectivity index (χ2n) is 3.20. The van der Waals surface area contributed by atoms with E-state index < -0.39 is 5.54 Å². The van der Waals surface area contributed by atoms with Gasteiger partial charge in [0, 0.05) is 0 Å². The van der Waals surface area contributed by atoms with Crippen molar-refractivity contribution in [1.82, 2.24) is 5.48 Å². The topological polar surface area (TPSA) is 64.8 Å². The summed E-state index contributed by atoms with van der Waals surface area (Å²) in [4.78, 5) is 0. The van der Waals surface area contributed by atoms with E-state index in [1.54, 1.807) is 0 Å². The highest BCUT2D eigenvalue weighted by molar-refractivity contribution is 5.93. The molecule has 11 heavy (non-hydrogen) atoms. The van der Waals surface area contributed by atoms with Crippen molar-refractivity contribution >= 4 is 5.71 Å². The molecule has 3 N–H and O–H groups in total. The normalized spacial score (nSPS) is 36.0. The summed E-state index contributed by atoms with van der Waals surface area (Å²) in [6, 6.07) is 0. The molecule has 0 radical (unpaired) electrons. The Morgan fingerprint density at radius 2 is 2.27 bits per heavy atom. The van der Waals surface area contributed by atoms with Crippen molar-refractivity contribution in [2.24, 2.45) is 5.16 Å². The number of oxime groups is 1. The Kier molecular flexibility index (Phi) is 2.46. The van der Waals surface area contributed by atoms with E-state index in [2.05, 4.69) is 10.6 Å². The van der Waals surface area contributed by atoms with Gasteiger partial charge in [-0.25, -0.2) is 0 Å². The first kappa shape index (κ1) is 8.49. The van der Waals surface area contributed by atoms with Crippen molar-refractivity contribution < 1.29 is 10.4 Å². The van der Waals surface area contributed by atoms with Crippen LogP contribution < -0.4 is 5.48 Å². The molecule has 4 heteroatoms. The van der Waals surface area contributed by atoms with Crippen LogP contribution in [-0.4, -0.2) is 21.7 Å². The Hall–Kier alpha value is -0.610. The Labute approximate surface area is 65.9 Å². The van der Waals surface area contributed by atoms with E-state index in [1.165, 1.54) is 0 Å². The summed E-state index contributed by atoms with van der Waals surface area (Å²) >= 11 is 0. The fourth-order valence-electron chi connectivity index (χ4n) is 1.47. The zero-order valence-electron chi connectivity index (χ0n) is 6.67. The molecule has 4 nitrogen and oxygen atoms in total. The van der Waals surface area contributed by atoms with Crippen LogP contribution in [0.15, 0.2) is 5.16 Å². The van der Waals surface area contributed by atoms with Crippen LogP contribution in [-0.2, 0) is 0 Å². The average Bonchev–Trinajstić information content (AvgIpc) is 2.05. The van der Waals surface area contributed by atoms with Crippen LogP contribution in [0.5, 0.6) is 0 Å². The summed E-state index contributed by atoms with van der Waals surface area (Å²) in [7, 11) is 0. The number of rotatable bonds is 1. The molecule has 1 aliphatic rings. The van der Waals surface area contributed by atoms with Crippen molar-refractivity contribution in [3.8, 4) is 0 Å². The van der Waals surface area contributed by atoms with E-state index >= 15 is 0 Å². The van der Waals surface area contributed by atoms with Gasteiger partial charge in [0.1, 0.15) is 0 Å². The predicted molar refractivity (Wildman–Crippen MR) is 41.0 cm³/mol. The van der Waals surface area contributed by atoms with Crippen LogP contribution in [0.2, 0.25) is 0 Å². The average molecular weight is 158 g/mol. The van der Waals surface area contributed by atoms with Gasteiger partial charge < -0.3 is 10.4 Å². The maximum atomic E-state index is 8.81. The SMILES string of the molecule is C[C@@]1(NO)CCCC/C1=N\O. The highest BCUT2D eigenvalue weighted by Crippen LogP contribution is 2.24. The predicted octanol–water partition coefficient (Wildman–Crippen LogP) is 1.13. The maximum absolute atomic E-state index is 8.81. The third-order valence-corrected chi connectivity index (χ3v) is 2.34. The number of hydrogen-bond acceptors (Lipinski definition) is 4. The monoisotopic (exact) mass is 158 g/mol. The van der Waals surface area contributed by atoms with E-state index in [1.807, 2.05) is 6.92 Å². The van der Waals surface area contributed by atoms with Crippen molar-refractivity contribution in [3.63, 3.8) is 0 Å². The Morgan fingerprint density at radius 1 is 1.55 bits per heavy atom. The molecule has 0 spiro atoms. The third kappa shape index (κ3) is 1.52. The summed E-state index contributed by atoms with van der Waals surface area (Å²) in [5.74, 6) is 0. The molecule has 1 atom stereocenters. The molecule has 0 aromatic rings. The van der Waals surface area contributed by atoms with Gasteiger partial charge >= 0.3 is 0 Å². The minimum Gasteiger partial charge on any atom is -0.411 e. The van der Waals surface area contributed by atoms with E-state index in [0.29, 0.717) is 5.71 Å². The molecule has 0 unspecified atom stereocenters. The highest BCUT2D eigenvalue weighted by atomic mass is 16.5. The quantitative estimate of drug-likeness (QED) is 0.396. The number of nitrogens with one attached hydrogen (secondary N) is 1. The molecule has 64 valence electrons. The van der Waals surface area contributed by atoms with Gasteiger partial charge in [-0.05, 0) is 26.2 Å². The second kappa shape index (κ2) is 3.19. The van der Waals surface area contributed by atoms with Crippen LogP contribution in [0.4, 0.5) is 0 Å². The molecule has 0 aromatic carbocycles. The van der Waals surface area contributed by atoms with Crippen LogP contribution in [0.25, 0.3) is 0 Å². The first-order valence-electron chi connectivity index (χ1n) is 3.85. The van der Waals surface area contributed by atoms with Gasteiger partial charge in [0.15, 0.2) is 0 Å². The number of hydrogen-bond donors (Lipinski definition) is 3. The van der Waals surface area contributed by atoms with Gasteiger partial charge in [0.05, 0.1) is 11.3 Å². The molecule has 0 saturated heterocycles. The molecule has 0 amide bonds. The van der Waals surface area contributed by atoms with Crippen LogP contribution in [0.1, 0.15) is 32.6 Å². The Bertz CT molecular complexity index is 170. The summed E-state index contributed by atoms with van der Waals surface area (Å²) in [6.07, 6.45) is 3.68. The summed E-state index contributed by atoms with van der Waals surface area (Å²) in [5, 5.41) is 20.6. The maximum Gasteiger partial charge on any atom is 0.0814 e. The standard InChI is InChI=1S/C7H14N2O2/c1-7(9-11)5-3-2-4-6(7)8-10/h9-11H,2-5H2,1H3/b8-6+/t7-/m1/s1. The third-order valence-electron chi connectivity index (χ3n) is 2.34. The molecule has 1 fully saturated rings. The van der Waals surface area contributed by atoms with Gasteiger partial charge in [-0.2, -0.15) is 5.48 Å². The highest BCUT2D eigenvalue weighted by Gasteiger charge is 2.32. The van der Waals surface area contributed by atoms with Gasteiger partial charge in [-0.15, -0.1) is 0 Å². The number of hydroxylamine groups is 1. The zero-order valence-corrected chi connectivity index (χ0v) is 6.67. The fourth-order valence-corrected chi connectivity index (χ4v) is 1.47. The van der Waals surface area contributed by atoms with Gasteiger partial charge in [-0.3, -0.25) is 0 Å². The molecule has 0 aliphatic heterocycles. The van der Waals surface area contributed by atoms with Crippen molar-refractivity contribution in [2.45, 2.75) is 38.1 Å². The zero-order chi connectivity index (χ0) is 8.32. The van der Waals surface area contributed by atoms with E-state index in [0.717, 1.165) is 25.7 Å². The van der Waals surface area contributed by atoms with E-state index in [9.17, 15) is 0 Å².